The molecule has 0 radical (unpaired) electrons. The molecule has 14 unspecified atom stereocenters. The fourth-order valence-electron chi connectivity index (χ4n) is 8.49. The van der Waals surface area contributed by atoms with Crippen LogP contribution in [0.1, 0.15) is 70.6 Å². The van der Waals surface area contributed by atoms with Crippen LogP contribution in [0.25, 0.3) is 0 Å². The molecular formula is C26H47N7O13S3. The highest BCUT2D eigenvalue weighted by atomic mass is 32.2. The lowest BCUT2D eigenvalue weighted by molar-refractivity contribution is -0.143. The number of aliphatic hydroxyl groups is 2. The van der Waals surface area contributed by atoms with Gasteiger partial charge in [-0.25, -0.2) is 0 Å². The van der Waals surface area contributed by atoms with E-state index in [2.05, 4.69) is 36.8 Å². The first-order valence-corrected chi connectivity index (χ1v) is 21.0. The zero-order valence-corrected chi connectivity index (χ0v) is 29.0. The molecule has 49 heavy (non-hydrogen) atoms. The van der Waals surface area contributed by atoms with Gasteiger partial charge in [0.2, 0.25) is 0 Å². The second-order valence-corrected chi connectivity index (χ2v) is 18.8. The van der Waals surface area contributed by atoms with Crippen LogP contribution >= 0.6 is 0 Å². The van der Waals surface area contributed by atoms with Gasteiger partial charge in [-0.3, -0.25) is 45.0 Å². The molecule has 1 aliphatic heterocycles. The lowest BCUT2D eigenvalue weighted by atomic mass is 9.65. The van der Waals surface area contributed by atoms with Gasteiger partial charge in [0, 0.05) is 18.0 Å². The molecule has 5 fully saturated rings. The molecule has 0 spiro atoms. The van der Waals surface area contributed by atoms with Crippen molar-refractivity contribution in [3.05, 3.63) is 0 Å². The third-order valence-corrected chi connectivity index (χ3v) is 14.7. The fraction of sp³-hybridized carbons (Fsp3) is 0.962. The molecule has 11 N–H and O–H groups in total. The van der Waals surface area contributed by atoms with Crippen molar-refractivity contribution in [1.29, 1.82) is 0 Å². The molecule has 0 aromatic carbocycles. The number of hydrogen-bond donors (Lipinski definition) is 11. The zero-order valence-electron chi connectivity index (χ0n) is 26.5. The zero-order chi connectivity index (χ0) is 35.9. The summed E-state index contributed by atoms with van der Waals surface area (Å²) in [5.74, 6) is -4.21. The number of aliphatic carboxylic acids is 1. The Bertz CT molecular complexity index is 1550. The lowest BCUT2D eigenvalue weighted by Gasteiger charge is -2.51. The Kier molecular flexibility index (Phi) is 12.1. The fourth-order valence-corrected chi connectivity index (χ4v) is 11.6. The van der Waals surface area contributed by atoms with Gasteiger partial charge in [-0.1, -0.05) is 19.3 Å². The van der Waals surface area contributed by atoms with Crippen LogP contribution in [0.3, 0.4) is 0 Å². The highest BCUT2D eigenvalue weighted by molar-refractivity contribution is 7.87. The molecule has 5 aliphatic rings. The van der Waals surface area contributed by atoms with Crippen molar-refractivity contribution < 1.29 is 59.0 Å². The van der Waals surface area contributed by atoms with E-state index < -0.39 is 119 Å². The van der Waals surface area contributed by atoms with E-state index >= 15 is 0 Å². The van der Waals surface area contributed by atoms with Crippen LogP contribution in [-0.4, -0.2) is 125 Å². The molecule has 1 heterocycles. The van der Waals surface area contributed by atoms with Crippen LogP contribution in [0.2, 0.25) is 0 Å². The molecule has 282 valence electrons. The van der Waals surface area contributed by atoms with Crippen LogP contribution < -0.4 is 26.6 Å². The minimum Gasteiger partial charge on any atom is -0.481 e. The Morgan fingerprint density at radius 1 is 0.694 bits per heavy atom. The van der Waals surface area contributed by atoms with Crippen LogP contribution in [-0.2, 0) is 35.1 Å². The van der Waals surface area contributed by atoms with E-state index in [1.165, 1.54) is 0 Å². The molecular weight excluding hydrogens is 715 g/mol. The summed E-state index contributed by atoms with van der Waals surface area (Å²) < 4.78 is 103. The number of rotatable bonds is 10. The summed E-state index contributed by atoms with van der Waals surface area (Å²) in [6, 6.07) is -3.50. The maximum atomic E-state index is 12.6. The summed E-state index contributed by atoms with van der Waals surface area (Å²) in [5, 5.41) is 51.1. The number of carbonyl (C=O) groups is 1. The van der Waals surface area contributed by atoms with Crippen LogP contribution in [0.5, 0.6) is 0 Å². The molecule has 0 aromatic rings. The summed E-state index contributed by atoms with van der Waals surface area (Å²) in [7, 11) is -13.9. The van der Waals surface area contributed by atoms with E-state index in [9.17, 15) is 59.0 Å². The highest BCUT2D eigenvalue weighted by Gasteiger charge is 2.57. The Hall–Kier alpha value is -1.48. The van der Waals surface area contributed by atoms with E-state index in [1.54, 1.807) is 0 Å². The van der Waals surface area contributed by atoms with Gasteiger partial charge in [0.15, 0.2) is 6.35 Å². The average Bonchev–Trinajstić information content (AvgIpc) is 2.99. The van der Waals surface area contributed by atoms with Crippen LogP contribution in [0.4, 0.5) is 0 Å². The van der Waals surface area contributed by atoms with E-state index in [-0.39, 0.29) is 25.3 Å². The van der Waals surface area contributed by atoms with Crippen molar-refractivity contribution >= 4 is 36.3 Å². The lowest BCUT2D eigenvalue weighted by Crippen LogP contribution is -2.77. The second kappa shape index (κ2) is 15.2. The molecule has 4 aliphatic carbocycles. The molecule has 0 amide bonds. The van der Waals surface area contributed by atoms with Crippen molar-refractivity contribution in [2.24, 2.45) is 28.0 Å². The first kappa shape index (κ1) is 38.7. The van der Waals surface area contributed by atoms with Crippen LogP contribution in [0, 0.1) is 17.8 Å². The largest absolute Gasteiger partial charge is 0.481 e. The molecule has 14 atom stereocenters. The number of azo groups is 1. The quantitative estimate of drug-likeness (QED) is 0.0857. The van der Waals surface area contributed by atoms with Crippen molar-refractivity contribution in [2.45, 2.75) is 136 Å². The van der Waals surface area contributed by atoms with Gasteiger partial charge in [0.25, 0.3) is 30.4 Å². The molecule has 4 saturated carbocycles. The Morgan fingerprint density at radius 3 is 1.98 bits per heavy atom. The highest BCUT2D eigenvalue weighted by Crippen LogP contribution is 2.46. The van der Waals surface area contributed by atoms with Gasteiger partial charge in [-0.05, 0) is 57.3 Å². The van der Waals surface area contributed by atoms with Gasteiger partial charge in [0.05, 0.1) is 28.6 Å². The summed E-state index contributed by atoms with van der Waals surface area (Å²) in [4.78, 5) is 11.8. The number of hydrogen-bond acceptors (Lipinski definition) is 16. The van der Waals surface area contributed by atoms with E-state index in [0.717, 1.165) is 0 Å². The molecule has 1 saturated heterocycles. The van der Waals surface area contributed by atoms with Gasteiger partial charge >= 0.3 is 5.97 Å². The van der Waals surface area contributed by atoms with Gasteiger partial charge in [-0.15, -0.1) is 0 Å². The monoisotopic (exact) mass is 761 g/mol. The third-order valence-electron chi connectivity index (χ3n) is 10.8. The molecule has 0 bridgehead atoms. The van der Waals surface area contributed by atoms with Crippen molar-refractivity contribution in [3.8, 4) is 0 Å². The predicted molar refractivity (Wildman–Crippen MR) is 170 cm³/mol. The number of nitrogens with one attached hydrogen (secondary N) is 5. The van der Waals surface area contributed by atoms with Crippen molar-refractivity contribution in [2.75, 3.05) is 0 Å². The topological polar surface area (TPSA) is 326 Å². The first-order valence-electron chi connectivity index (χ1n) is 16.5. The summed E-state index contributed by atoms with van der Waals surface area (Å²) >= 11 is 0. The minimum atomic E-state index is -4.95. The van der Waals surface area contributed by atoms with Gasteiger partial charge in [-0.2, -0.15) is 35.5 Å². The summed E-state index contributed by atoms with van der Waals surface area (Å²) in [5.41, 5.74) is 0. The molecule has 0 aromatic heterocycles. The Labute approximate surface area is 284 Å². The number of nitrogens with zero attached hydrogens (tertiary/aromatic N) is 2. The Morgan fingerprint density at radius 2 is 1.35 bits per heavy atom. The number of aliphatic hydroxyl groups excluding tert-OH is 2. The third kappa shape index (κ3) is 9.31. The maximum Gasteiger partial charge on any atom is 0.308 e. The number of carboxylic acids is 1. The smallest absolute Gasteiger partial charge is 0.308 e. The SMILES string of the molecule is O=C(O)C1CCCCC1N=NC1C(O)C2C(NC3NC(O)NC(NC4CCCC(S(=O)(=O)O)C4)N3)CCC(S(=O)(=O)O)C2CC1S(=O)(=O)O. The maximum absolute atomic E-state index is 12.6. The van der Waals surface area contributed by atoms with E-state index in [0.29, 0.717) is 44.9 Å². The molecule has 20 nitrogen and oxygen atoms in total. The predicted octanol–water partition coefficient (Wildman–Crippen LogP) is -1.87. The van der Waals surface area contributed by atoms with Crippen LogP contribution in [0.15, 0.2) is 10.2 Å². The Balaban J connectivity index is 1.37. The van der Waals surface area contributed by atoms with Crippen molar-refractivity contribution in [1.82, 2.24) is 26.6 Å². The van der Waals surface area contributed by atoms with Gasteiger partial charge in [0.1, 0.15) is 23.9 Å². The summed E-state index contributed by atoms with van der Waals surface area (Å²) in [6.07, 6.45) is -1.69. The molecule has 5 rings (SSSR count). The van der Waals surface area contributed by atoms with E-state index in [1.807, 2.05) is 0 Å². The van der Waals surface area contributed by atoms with Gasteiger partial charge < -0.3 is 15.3 Å². The standard InChI is InChI=1S/C26H47N7O13S3/c34-22-20-15(11-19(49(44,45)46)21(22)33-32-16-7-2-1-6-14(16)23(35)36)18(48(41,42)43)9-8-17(20)28-25-29-24(30-26(37)31-25)27-12-4-3-5-13(10-12)47(38,39)40/h12-22,24-31,34,37H,1-11H2,(H,35,36)(H,38,39,40)(H,41,42,43)(H,44,45,46). The summed E-state index contributed by atoms with van der Waals surface area (Å²) in [6.45, 7) is 0. The normalized spacial score (nSPS) is 42.8. The average molecular weight is 762 g/mol. The molecule has 23 heteroatoms. The number of carboxylic acid groups (broad SMARTS) is 1. The first-order chi connectivity index (χ1) is 22.8. The van der Waals surface area contributed by atoms with Crippen molar-refractivity contribution in [3.63, 3.8) is 0 Å². The number of fused-ring (bicyclic) bond motifs is 1. The van der Waals surface area contributed by atoms with E-state index in [4.69, 9.17) is 0 Å². The minimum absolute atomic E-state index is 0.0624. The second-order valence-electron chi connectivity index (χ2n) is 13.9.